The molecule has 0 bridgehead atoms. The summed E-state index contributed by atoms with van der Waals surface area (Å²) in [5.74, 6) is 0.0935. The molecule has 1 aliphatic rings. The van der Waals surface area contributed by atoms with Crippen molar-refractivity contribution in [2.75, 3.05) is 13.1 Å². The van der Waals surface area contributed by atoms with Crippen LogP contribution in [0.2, 0.25) is 0 Å². The number of nitrogens with zero attached hydrogens (tertiary/aromatic N) is 1. The highest BCUT2D eigenvalue weighted by Gasteiger charge is 2.29. The topological polar surface area (TPSA) is 62.1 Å². The molecule has 0 spiro atoms. The van der Waals surface area contributed by atoms with Gasteiger partial charge in [-0.1, -0.05) is 12.1 Å². The number of hydrogen-bond acceptors (Lipinski definition) is 2. The highest BCUT2D eigenvalue weighted by atomic mass is 16.2. The van der Waals surface area contributed by atoms with Crippen LogP contribution < -0.4 is 5.73 Å². The lowest BCUT2D eigenvalue weighted by molar-refractivity contribution is 0.0743. The number of nitrogens with one attached hydrogen (secondary N) is 1. The van der Waals surface area contributed by atoms with Crippen LogP contribution in [-0.4, -0.2) is 34.9 Å². The third-order valence-corrected chi connectivity index (χ3v) is 3.73. The van der Waals surface area contributed by atoms with Crippen LogP contribution in [0.3, 0.4) is 0 Å². The molecule has 3 rings (SSSR count). The number of aromatic nitrogens is 1. The van der Waals surface area contributed by atoms with E-state index < -0.39 is 0 Å². The van der Waals surface area contributed by atoms with Crippen molar-refractivity contribution in [3.05, 3.63) is 36.0 Å². The summed E-state index contributed by atoms with van der Waals surface area (Å²) in [4.78, 5) is 17.6. The van der Waals surface area contributed by atoms with Crippen molar-refractivity contribution in [2.24, 2.45) is 5.73 Å². The molecule has 1 fully saturated rings. The number of para-hydroxylation sites is 1. The van der Waals surface area contributed by atoms with E-state index in [1.54, 1.807) is 0 Å². The van der Waals surface area contributed by atoms with Crippen molar-refractivity contribution in [2.45, 2.75) is 18.9 Å². The number of carbonyl (C=O) groups excluding carboxylic acids is 1. The number of fused-ring (bicyclic) bond motifs is 1. The second-order valence-electron chi connectivity index (χ2n) is 4.78. The molecule has 1 saturated heterocycles. The van der Waals surface area contributed by atoms with E-state index in [0.717, 1.165) is 35.9 Å². The number of benzene rings is 1. The molecule has 2 heterocycles. The zero-order chi connectivity index (χ0) is 12.5. The van der Waals surface area contributed by atoms with Crippen molar-refractivity contribution in [3.63, 3.8) is 0 Å². The molecule has 0 radical (unpaired) electrons. The molecule has 1 aliphatic heterocycles. The first kappa shape index (κ1) is 11.3. The molecular weight excluding hydrogens is 226 g/mol. The Morgan fingerprint density at radius 1 is 1.44 bits per heavy atom. The molecule has 94 valence electrons. The van der Waals surface area contributed by atoms with Crippen molar-refractivity contribution in [1.82, 2.24) is 9.88 Å². The fraction of sp³-hybridized carbons (Fsp3) is 0.357. The van der Waals surface area contributed by atoms with Crippen LogP contribution in [0.15, 0.2) is 30.5 Å². The Hall–Kier alpha value is -1.81. The summed E-state index contributed by atoms with van der Waals surface area (Å²) >= 11 is 0. The molecule has 1 aromatic heterocycles. The van der Waals surface area contributed by atoms with E-state index in [9.17, 15) is 4.79 Å². The van der Waals surface area contributed by atoms with Crippen LogP contribution in [0.4, 0.5) is 0 Å². The molecule has 4 nitrogen and oxygen atoms in total. The van der Waals surface area contributed by atoms with Crippen LogP contribution in [0.25, 0.3) is 10.9 Å². The van der Waals surface area contributed by atoms with Crippen molar-refractivity contribution < 1.29 is 4.79 Å². The van der Waals surface area contributed by atoms with E-state index in [1.165, 1.54) is 0 Å². The van der Waals surface area contributed by atoms with Gasteiger partial charge in [-0.3, -0.25) is 4.79 Å². The molecule has 0 aliphatic carbocycles. The van der Waals surface area contributed by atoms with Crippen LogP contribution in [0.1, 0.15) is 23.2 Å². The van der Waals surface area contributed by atoms with Crippen molar-refractivity contribution in [1.29, 1.82) is 0 Å². The van der Waals surface area contributed by atoms with Crippen molar-refractivity contribution in [3.8, 4) is 0 Å². The highest BCUT2D eigenvalue weighted by Crippen LogP contribution is 2.23. The predicted octanol–water partition coefficient (Wildman–Crippen LogP) is 1.73. The molecule has 1 aromatic carbocycles. The van der Waals surface area contributed by atoms with E-state index >= 15 is 0 Å². The molecule has 0 saturated carbocycles. The number of nitrogens with two attached hydrogens (primary N) is 1. The SMILES string of the molecule is NCC1CCCN1C(=O)c1cccc2cc[nH]c12. The summed E-state index contributed by atoms with van der Waals surface area (Å²) in [6.07, 6.45) is 3.93. The van der Waals surface area contributed by atoms with Crippen LogP contribution in [0.5, 0.6) is 0 Å². The Morgan fingerprint density at radius 3 is 3.17 bits per heavy atom. The van der Waals surface area contributed by atoms with Gasteiger partial charge in [-0.25, -0.2) is 0 Å². The standard InChI is InChI=1S/C14H17N3O/c15-9-11-4-2-8-17(11)14(18)12-5-1-3-10-6-7-16-13(10)12/h1,3,5-7,11,16H,2,4,8-9,15H2. The number of amides is 1. The summed E-state index contributed by atoms with van der Waals surface area (Å²) in [6.45, 7) is 1.37. The van der Waals surface area contributed by atoms with Gasteiger partial charge in [0.1, 0.15) is 0 Å². The number of hydrogen-bond donors (Lipinski definition) is 2. The van der Waals surface area contributed by atoms with Crippen LogP contribution in [-0.2, 0) is 0 Å². The molecule has 1 amide bonds. The summed E-state index contributed by atoms with van der Waals surface area (Å²) in [7, 11) is 0. The summed E-state index contributed by atoms with van der Waals surface area (Å²) in [5, 5.41) is 1.07. The summed E-state index contributed by atoms with van der Waals surface area (Å²) in [6, 6.07) is 8.00. The predicted molar refractivity (Wildman–Crippen MR) is 71.4 cm³/mol. The van der Waals surface area contributed by atoms with Gasteiger partial charge in [0, 0.05) is 30.7 Å². The van der Waals surface area contributed by atoms with Crippen LogP contribution in [0, 0.1) is 0 Å². The minimum Gasteiger partial charge on any atom is -0.361 e. The largest absolute Gasteiger partial charge is 0.361 e. The van der Waals surface area contributed by atoms with Gasteiger partial charge < -0.3 is 15.6 Å². The average molecular weight is 243 g/mol. The van der Waals surface area contributed by atoms with Gasteiger partial charge in [0.05, 0.1) is 11.1 Å². The quantitative estimate of drug-likeness (QED) is 0.843. The lowest BCUT2D eigenvalue weighted by atomic mass is 10.1. The smallest absolute Gasteiger partial charge is 0.256 e. The number of carbonyl (C=O) groups is 1. The Morgan fingerprint density at radius 2 is 2.33 bits per heavy atom. The first-order valence-corrected chi connectivity index (χ1v) is 6.38. The van der Waals surface area contributed by atoms with E-state index in [1.807, 2.05) is 35.4 Å². The van der Waals surface area contributed by atoms with Gasteiger partial charge in [0.15, 0.2) is 0 Å². The molecule has 3 N–H and O–H groups in total. The number of H-pyrrole nitrogens is 1. The minimum atomic E-state index is 0.0935. The Labute approximate surface area is 106 Å². The number of rotatable bonds is 2. The second kappa shape index (κ2) is 4.46. The van der Waals surface area contributed by atoms with Gasteiger partial charge in [-0.2, -0.15) is 0 Å². The Balaban J connectivity index is 1.99. The molecular formula is C14H17N3O. The maximum absolute atomic E-state index is 12.6. The Bertz CT molecular complexity index is 575. The van der Waals surface area contributed by atoms with Gasteiger partial charge in [0.2, 0.25) is 0 Å². The maximum atomic E-state index is 12.6. The maximum Gasteiger partial charge on any atom is 0.256 e. The van der Waals surface area contributed by atoms with E-state index in [2.05, 4.69) is 4.98 Å². The molecule has 1 unspecified atom stereocenters. The van der Waals surface area contributed by atoms with Gasteiger partial charge in [-0.05, 0) is 25.0 Å². The molecule has 18 heavy (non-hydrogen) atoms. The van der Waals surface area contributed by atoms with E-state index in [-0.39, 0.29) is 11.9 Å². The lowest BCUT2D eigenvalue weighted by Gasteiger charge is -2.23. The number of likely N-dealkylation sites (tertiary alicyclic amines) is 1. The zero-order valence-corrected chi connectivity index (χ0v) is 10.2. The third kappa shape index (κ3) is 1.69. The van der Waals surface area contributed by atoms with E-state index in [0.29, 0.717) is 6.54 Å². The highest BCUT2D eigenvalue weighted by molar-refractivity contribution is 6.05. The lowest BCUT2D eigenvalue weighted by Crippen LogP contribution is -2.40. The van der Waals surface area contributed by atoms with Gasteiger partial charge in [0.25, 0.3) is 5.91 Å². The fourth-order valence-electron chi connectivity index (χ4n) is 2.77. The minimum absolute atomic E-state index is 0.0935. The fourth-order valence-corrected chi connectivity index (χ4v) is 2.77. The first-order valence-electron chi connectivity index (χ1n) is 6.38. The van der Waals surface area contributed by atoms with Gasteiger partial charge >= 0.3 is 0 Å². The molecule has 2 aromatic rings. The average Bonchev–Trinajstić information content (AvgIpc) is 3.05. The summed E-state index contributed by atoms with van der Waals surface area (Å²) in [5.41, 5.74) is 7.40. The zero-order valence-electron chi connectivity index (χ0n) is 10.2. The molecule has 1 atom stereocenters. The van der Waals surface area contributed by atoms with Crippen LogP contribution >= 0.6 is 0 Å². The Kier molecular flexibility index (Phi) is 2.80. The summed E-state index contributed by atoms with van der Waals surface area (Å²) < 4.78 is 0. The van der Waals surface area contributed by atoms with Crippen molar-refractivity contribution >= 4 is 16.8 Å². The van der Waals surface area contributed by atoms with Gasteiger partial charge in [-0.15, -0.1) is 0 Å². The monoisotopic (exact) mass is 243 g/mol. The first-order chi connectivity index (χ1) is 8.81. The normalized spacial score (nSPS) is 19.6. The second-order valence-corrected chi connectivity index (χ2v) is 4.78. The molecule has 4 heteroatoms. The third-order valence-electron chi connectivity index (χ3n) is 3.73. The van der Waals surface area contributed by atoms with E-state index in [4.69, 9.17) is 5.73 Å². The number of aromatic amines is 1.